The molecule has 1 aliphatic rings. The van der Waals surface area contributed by atoms with Gasteiger partial charge in [0, 0.05) is 13.0 Å². The minimum atomic E-state index is -1.50. The van der Waals surface area contributed by atoms with Gasteiger partial charge in [-0.3, -0.25) is 0 Å². The largest absolute Gasteiger partial charge is 0.479 e. The number of rotatable bonds is 1. The predicted molar refractivity (Wildman–Crippen MR) is 37.3 cm³/mol. The van der Waals surface area contributed by atoms with Crippen LogP contribution in [0.5, 0.6) is 0 Å². The van der Waals surface area contributed by atoms with Crippen molar-refractivity contribution in [2.45, 2.75) is 12.0 Å². The molecule has 0 spiro atoms. The second kappa shape index (κ2) is 3.18. The first-order valence-corrected chi connectivity index (χ1v) is 2.82. The lowest BCUT2D eigenvalue weighted by Gasteiger charge is -2.13. The SMILES string of the molecule is Cl.O=C(O)C1(O)CCNC1. The lowest BCUT2D eigenvalue weighted by atomic mass is 10.1. The van der Waals surface area contributed by atoms with Crippen LogP contribution in [0.2, 0.25) is 0 Å². The molecule has 0 amide bonds. The van der Waals surface area contributed by atoms with Gasteiger partial charge in [-0.05, 0) is 6.54 Å². The van der Waals surface area contributed by atoms with Gasteiger partial charge < -0.3 is 15.5 Å². The summed E-state index contributed by atoms with van der Waals surface area (Å²) < 4.78 is 0. The highest BCUT2D eigenvalue weighted by atomic mass is 35.5. The number of nitrogens with one attached hydrogen (secondary N) is 1. The summed E-state index contributed by atoms with van der Waals surface area (Å²) in [4.78, 5) is 10.2. The lowest BCUT2D eigenvalue weighted by Crippen LogP contribution is -2.40. The molecular formula is C5H10ClNO3. The summed E-state index contributed by atoms with van der Waals surface area (Å²) in [5.41, 5.74) is -1.50. The maximum atomic E-state index is 10.2. The molecule has 1 saturated heterocycles. The molecule has 0 saturated carbocycles. The first-order chi connectivity index (χ1) is 4.15. The Morgan fingerprint density at radius 2 is 2.20 bits per heavy atom. The highest BCUT2D eigenvalue weighted by Crippen LogP contribution is 2.13. The number of halogens is 1. The molecule has 1 aliphatic heterocycles. The third-order valence-corrected chi connectivity index (χ3v) is 1.53. The van der Waals surface area contributed by atoms with Gasteiger partial charge in [-0.25, -0.2) is 4.79 Å². The van der Waals surface area contributed by atoms with E-state index in [9.17, 15) is 4.79 Å². The van der Waals surface area contributed by atoms with Gasteiger partial charge in [0.25, 0.3) is 0 Å². The number of β-amino-alcohol motifs (C(OH)–C–C–N with tert-alkyl or cyclic N) is 1. The van der Waals surface area contributed by atoms with Crippen LogP contribution in [0.25, 0.3) is 0 Å². The van der Waals surface area contributed by atoms with Crippen molar-refractivity contribution >= 4 is 18.4 Å². The van der Waals surface area contributed by atoms with Crippen LogP contribution in [0, 0.1) is 0 Å². The van der Waals surface area contributed by atoms with E-state index >= 15 is 0 Å². The summed E-state index contributed by atoms with van der Waals surface area (Å²) >= 11 is 0. The molecule has 0 bridgehead atoms. The normalized spacial score (nSPS) is 31.3. The van der Waals surface area contributed by atoms with Crippen molar-refractivity contribution in [2.24, 2.45) is 0 Å². The van der Waals surface area contributed by atoms with E-state index in [-0.39, 0.29) is 19.0 Å². The van der Waals surface area contributed by atoms with Gasteiger partial charge >= 0.3 is 5.97 Å². The molecule has 0 aromatic carbocycles. The summed E-state index contributed by atoms with van der Waals surface area (Å²) in [5, 5.41) is 20.3. The molecule has 4 nitrogen and oxygen atoms in total. The van der Waals surface area contributed by atoms with Crippen LogP contribution in [-0.2, 0) is 4.79 Å². The number of hydrogen-bond acceptors (Lipinski definition) is 3. The molecule has 3 N–H and O–H groups in total. The quantitative estimate of drug-likeness (QED) is 0.479. The Hall–Kier alpha value is -0.320. The summed E-state index contributed by atoms with van der Waals surface area (Å²) in [6.07, 6.45) is 0.308. The van der Waals surface area contributed by atoms with Crippen molar-refractivity contribution in [2.75, 3.05) is 13.1 Å². The van der Waals surface area contributed by atoms with E-state index in [0.29, 0.717) is 13.0 Å². The van der Waals surface area contributed by atoms with Crippen molar-refractivity contribution < 1.29 is 15.0 Å². The van der Waals surface area contributed by atoms with Crippen LogP contribution >= 0.6 is 12.4 Å². The third kappa shape index (κ3) is 1.59. The lowest BCUT2D eigenvalue weighted by molar-refractivity contribution is -0.156. The Balaban J connectivity index is 0.000000810. The Kier molecular flexibility index (Phi) is 3.08. The topological polar surface area (TPSA) is 69.6 Å². The van der Waals surface area contributed by atoms with Crippen molar-refractivity contribution in [1.82, 2.24) is 5.32 Å². The molecule has 60 valence electrons. The minimum absolute atomic E-state index is 0. The number of aliphatic carboxylic acids is 1. The van der Waals surface area contributed by atoms with E-state index in [4.69, 9.17) is 10.2 Å². The average Bonchev–Trinajstić information content (AvgIpc) is 2.16. The standard InChI is InChI=1S/C5H9NO3.ClH/c7-4(8)5(9)1-2-6-3-5;/h6,9H,1-3H2,(H,7,8);1H. The van der Waals surface area contributed by atoms with Gasteiger partial charge in [-0.15, -0.1) is 12.4 Å². The maximum absolute atomic E-state index is 10.2. The fraction of sp³-hybridized carbons (Fsp3) is 0.800. The Labute approximate surface area is 64.6 Å². The minimum Gasteiger partial charge on any atom is -0.479 e. The molecular weight excluding hydrogens is 158 g/mol. The van der Waals surface area contributed by atoms with E-state index in [1.165, 1.54) is 0 Å². The molecule has 0 radical (unpaired) electrons. The zero-order valence-corrected chi connectivity index (χ0v) is 6.15. The second-order valence-electron chi connectivity index (χ2n) is 2.26. The van der Waals surface area contributed by atoms with E-state index in [1.807, 2.05) is 0 Å². The van der Waals surface area contributed by atoms with Gasteiger partial charge in [0.15, 0.2) is 5.60 Å². The molecule has 1 unspecified atom stereocenters. The van der Waals surface area contributed by atoms with Gasteiger partial charge in [0.1, 0.15) is 0 Å². The highest BCUT2D eigenvalue weighted by molar-refractivity contribution is 5.85. The molecule has 5 heteroatoms. The number of aliphatic hydroxyl groups is 1. The highest BCUT2D eigenvalue weighted by Gasteiger charge is 2.38. The Morgan fingerprint density at radius 1 is 1.60 bits per heavy atom. The van der Waals surface area contributed by atoms with Crippen LogP contribution in [0.3, 0.4) is 0 Å². The third-order valence-electron chi connectivity index (χ3n) is 1.53. The average molecular weight is 168 g/mol. The van der Waals surface area contributed by atoms with Gasteiger partial charge in [0.2, 0.25) is 0 Å². The zero-order valence-electron chi connectivity index (χ0n) is 5.33. The zero-order chi connectivity index (χ0) is 6.91. The smallest absolute Gasteiger partial charge is 0.337 e. The summed E-state index contributed by atoms with van der Waals surface area (Å²) in [6, 6.07) is 0. The van der Waals surface area contributed by atoms with Crippen LogP contribution in [-0.4, -0.2) is 34.9 Å². The van der Waals surface area contributed by atoms with Gasteiger partial charge in [-0.1, -0.05) is 0 Å². The van der Waals surface area contributed by atoms with Crippen LogP contribution < -0.4 is 5.32 Å². The van der Waals surface area contributed by atoms with Crippen molar-refractivity contribution in [3.05, 3.63) is 0 Å². The van der Waals surface area contributed by atoms with Crippen LogP contribution in [0.1, 0.15) is 6.42 Å². The fourth-order valence-corrected chi connectivity index (χ4v) is 0.861. The molecule has 1 rings (SSSR count). The number of carboxylic acid groups (broad SMARTS) is 1. The molecule has 10 heavy (non-hydrogen) atoms. The predicted octanol–water partition coefficient (Wildman–Crippen LogP) is -0.783. The first-order valence-electron chi connectivity index (χ1n) is 2.82. The van der Waals surface area contributed by atoms with Crippen LogP contribution in [0.4, 0.5) is 0 Å². The fourth-order valence-electron chi connectivity index (χ4n) is 0.861. The van der Waals surface area contributed by atoms with Gasteiger partial charge in [0.05, 0.1) is 0 Å². The van der Waals surface area contributed by atoms with Crippen LogP contribution in [0.15, 0.2) is 0 Å². The second-order valence-corrected chi connectivity index (χ2v) is 2.26. The Morgan fingerprint density at radius 3 is 2.40 bits per heavy atom. The number of carboxylic acids is 1. The molecule has 1 heterocycles. The molecule has 0 aromatic rings. The maximum Gasteiger partial charge on any atom is 0.337 e. The van der Waals surface area contributed by atoms with E-state index in [1.54, 1.807) is 0 Å². The van der Waals surface area contributed by atoms with E-state index < -0.39 is 11.6 Å². The molecule has 0 aromatic heterocycles. The first kappa shape index (κ1) is 9.68. The molecule has 0 aliphatic carbocycles. The van der Waals surface area contributed by atoms with Crippen molar-refractivity contribution in [3.8, 4) is 0 Å². The van der Waals surface area contributed by atoms with Gasteiger partial charge in [-0.2, -0.15) is 0 Å². The summed E-state index contributed by atoms with van der Waals surface area (Å²) in [6.45, 7) is 0.755. The number of hydrogen-bond donors (Lipinski definition) is 3. The number of carbonyl (C=O) groups is 1. The molecule has 1 atom stereocenters. The summed E-state index contributed by atoms with van der Waals surface area (Å²) in [5.74, 6) is -1.13. The van der Waals surface area contributed by atoms with E-state index in [2.05, 4.69) is 5.32 Å². The summed E-state index contributed by atoms with van der Waals surface area (Å²) in [7, 11) is 0. The molecule has 1 fully saturated rings. The van der Waals surface area contributed by atoms with Crippen molar-refractivity contribution in [3.63, 3.8) is 0 Å². The van der Waals surface area contributed by atoms with E-state index in [0.717, 1.165) is 0 Å². The Bertz CT molecular complexity index is 133. The van der Waals surface area contributed by atoms with Crippen molar-refractivity contribution in [1.29, 1.82) is 0 Å². The monoisotopic (exact) mass is 167 g/mol.